The van der Waals surface area contributed by atoms with Gasteiger partial charge in [0.15, 0.2) is 0 Å². The van der Waals surface area contributed by atoms with Crippen molar-refractivity contribution in [3.05, 3.63) is 35.4 Å². The van der Waals surface area contributed by atoms with E-state index in [1.807, 2.05) is 0 Å². The number of hydrogen-bond donors (Lipinski definition) is 1. The average Bonchev–Trinajstić information content (AvgIpc) is 2.45. The van der Waals surface area contributed by atoms with E-state index >= 15 is 0 Å². The van der Waals surface area contributed by atoms with Crippen LogP contribution >= 0.6 is 0 Å². The lowest BCUT2D eigenvalue weighted by Crippen LogP contribution is -2.34. The molecule has 0 radical (unpaired) electrons. The van der Waals surface area contributed by atoms with E-state index in [0.717, 1.165) is 11.8 Å². The van der Waals surface area contributed by atoms with Gasteiger partial charge in [0.1, 0.15) is 0 Å². The molecule has 1 aliphatic carbocycles. The lowest BCUT2D eigenvalue weighted by atomic mass is 9.77. The van der Waals surface area contributed by atoms with Crippen molar-refractivity contribution >= 4 is 0 Å². The van der Waals surface area contributed by atoms with Crippen LogP contribution in [0.3, 0.4) is 0 Å². The van der Waals surface area contributed by atoms with Crippen molar-refractivity contribution in [3.8, 4) is 0 Å². The first-order valence-corrected chi connectivity index (χ1v) is 8.01. The number of nitrogens with one attached hydrogen (secondary N) is 1. The van der Waals surface area contributed by atoms with Gasteiger partial charge in [0, 0.05) is 6.04 Å². The molecule has 0 aromatic heterocycles. The van der Waals surface area contributed by atoms with Crippen molar-refractivity contribution in [2.45, 2.75) is 64.3 Å². The first-order valence-electron chi connectivity index (χ1n) is 8.01. The smallest absolute Gasteiger partial charge is 0.00955 e. The number of rotatable bonds is 6. The normalized spacial score (nSPS) is 21.7. The van der Waals surface area contributed by atoms with Crippen LogP contribution in [-0.2, 0) is 6.42 Å². The molecule has 1 N–H and O–H groups in total. The molecule has 1 nitrogen and oxygen atoms in total. The van der Waals surface area contributed by atoms with Crippen LogP contribution in [0.25, 0.3) is 0 Å². The summed E-state index contributed by atoms with van der Waals surface area (Å²) < 4.78 is 0. The second kappa shape index (κ2) is 7.09. The summed E-state index contributed by atoms with van der Waals surface area (Å²) in [7, 11) is 2.13. The molecule has 1 heteroatoms. The highest BCUT2D eigenvalue weighted by Gasteiger charge is 2.24. The molecule has 0 heterocycles. The molecule has 2 rings (SSSR count). The summed E-state index contributed by atoms with van der Waals surface area (Å²) in [5.41, 5.74) is 3.22. The molecule has 0 bridgehead atoms. The first-order chi connectivity index (χ1) is 9.26. The zero-order valence-corrected chi connectivity index (χ0v) is 12.8. The third kappa shape index (κ3) is 3.60. The fraction of sp³-hybridized carbons (Fsp3) is 0.667. The molecule has 19 heavy (non-hydrogen) atoms. The number of benzene rings is 1. The second-order valence-corrected chi connectivity index (χ2v) is 6.18. The molecule has 0 spiro atoms. The van der Waals surface area contributed by atoms with Gasteiger partial charge in [0.05, 0.1) is 0 Å². The van der Waals surface area contributed by atoms with Crippen LogP contribution in [0.4, 0.5) is 0 Å². The van der Waals surface area contributed by atoms with E-state index in [2.05, 4.69) is 50.5 Å². The van der Waals surface area contributed by atoms with E-state index in [4.69, 9.17) is 0 Å². The fourth-order valence-corrected chi connectivity index (χ4v) is 3.70. The quantitative estimate of drug-likeness (QED) is 0.792. The highest BCUT2D eigenvalue weighted by atomic mass is 14.9. The number of hydrogen-bond acceptors (Lipinski definition) is 1. The maximum Gasteiger partial charge on any atom is 0.00955 e. The van der Waals surface area contributed by atoms with Crippen LogP contribution in [0.5, 0.6) is 0 Å². The topological polar surface area (TPSA) is 12.0 Å². The molecular formula is C18H29N. The molecule has 1 aliphatic rings. The van der Waals surface area contributed by atoms with Gasteiger partial charge in [-0.1, -0.05) is 44.5 Å². The van der Waals surface area contributed by atoms with Crippen molar-refractivity contribution in [1.82, 2.24) is 5.32 Å². The third-order valence-corrected chi connectivity index (χ3v) is 4.83. The second-order valence-electron chi connectivity index (χ2n) is 6.18. The molecule has 0 fully saturated rings. The van der Waals surface area contributed by atoms with Crippen molar-refractivity contribution < 1.29 is 0 Å². The Balaban J connectivity index is 2.06. The minimum atomic E-state index is 0.663. The van der Waals surface area contributed by atoms with E-state index in [1.54, 1.807) is 11.1 Å². The first kappa shape index (κ1) is 14.6. The van der Waals surface area contributed by atoms with Crippen LogP contribution in [0.1, 0.15) is 63.0 Å². The SMILES string of the molecule is CCCC(C)C(CC1CCCc2ccccc21)NC. The van der Waals surface area contributed by atoms with Gasteiger partial charge in [-0.15, -0.1) is 0 Å². The molecule has 3 atom stereocenters. The predicted octanol–water partition coefficient (Wildman–Crippen LogP) is 4.52. The Morgan fingerprint density at radius 3 is 2.84 bits per heavy atom. The Hall–Kier alpha value is -0.820. The minimum absolute atomic E-state index is 0.663. The molecule has 3 unspecified atom stereocenters. The van der Waals surface area contributed by atoms with Gasteiger partial charge in [-0.25, -0.2) is 0 Å². The maximum absolute atomic E-state index is 3.56. The monoisotopic (exact) mass is 259 g/mol. The number of fused-ring (bicyclic) bond motifs is 1. The summed E-state index contributed by atoms with van der Waals surface area (Å²) in [6.07, 6.45) is 7.94. The zero-order chi connectivity index (χ0) is 13.7. The van der Waals surface area contributed by atoms with E-state index in [0.29, 0.717) is 6.04 Å². The standard InChI is InChI=1S/C18H29N/c1-4-8-14(2)18(19-3)13-16-11-7-10-15-9-5-6-12-17(15)16/h5-6,9,12,14,16,18-19H,4,7-8,10-11,13H2,1-3H3. The molecule has 1 aromatic rings. The Morgan fingerprint density at radius 2 is 2.11 bits per heavy atom. The van der Waals surface area contributed by atoms with Crippen LogP contribution < -0.4 is 5.32 Å². The Kier molecular flexibility index (Phi) is 5.45. The van der Waals surface area contributed by atoms with Gasteiger partial charge in [0.2, 0.25) is 0 Å². The van der Waals surface area contributed by atoms with Gasteiger partial charge >= 0.3 is 0 Å². The summed E-state index contributed by atoms with van der Waals surface area (Å²) in [6, 6.07) is 9.75. The summed E-state index contributed by atoms with van der Waals surface area (Å²) >= 11 is 0. The van der Waals surface area contributed by atoms with Crippen LogP contribution in [-0.4, -0.2) is 13.1 Å². The van der Waals surface area contributed by atoms with Gasteiger partial charge in [-0.2, -0.15) is 0 Å². The number of aryl methyl sites for hydroxylation is 1. The minimum Gasteiger partial charge on any atom is -0.317 e. The molecule has 0 saturated heterocycles. The van der Waals surface area contributed by atoms with Crippen LogP contribution in [0.15, 0.2) is 24.3 Å². The van der Waals surface area contributed by atoms with E-state index in [1.165, 1.54) is 38.5 Å². The fourth-order valence-electron chi connectivity index (χ4n) is 3.70. The van der Waals surface area contributed by atoms with E-state index in [9.17, 15) is 0 Å². The van der Waals surface area contributed by atoms with Crippen molar-refractivity contribution in [2.24, 2.45) is 5.92 Å². The molecule has 0 saturated carbocycles. The summed E-state index contributed by atoms with van der Waals surface area (Å²) in [5.74, 6) is 1.55. The molecule has 0 amide bonds. The average molecular weight is 259 g/mol. The summed E-state index contributed by atoms with van der Waals surface area (Å²) in [5, 5.41) is 3.56. The Bertz CT molecular complexity index is 385. The lowest BCUT2D eigenvalue weighted by molar-refractivity contribution is 0.323. The molecule has 0 aliphatic heterocycles. The third-order valence-electron chi connectivity index (χ3n) is 4.83. The van der Waals surface area contributed by atoms with Crippen molar-refractivity contribution in [2.75, 3.05) is 7.05 Å². The molecule has 1 aromatic carbocycles. The molecule has 106 valence electrons. The van der Waals surface area contributed by atoms with Crippen molar-refractivity contribution in [3.63, 3.8) is 0 Å². The maximum atomic E-state index is 3.56. The van der Waals surface area contributed by atoms with E-state index < -0.39 is 0 Å². The lowest BCUT2D eigenvalue weighted by Gasteiger charge is -2.31. The highest BCUT2D eigenvalue weighted by Crippen LogP contribution is 2.35. The summed E-state index contributed by atoms with van der Waals surface area (Å²) in [4.78, 5) is 0. The van der Waals surface area contributed by atoms with Gasteiger partial charge in [0.25, 0.3) is 0 Å². The zero-order valence-electron chi connectivity index (χ0n) is 12.8. The Morgan fingerprint density at radius 1 is 1.32 bits per heavy atom. The Labute approximate surface area is 118 Å². The van der Waals surface area contributed by atoms with Crippen LogP contribution in [0, 0.1) is 5.92 Å². The van der Waals surface area contributed by atoms with E-state index in [-0.39, 0.29) is 0 Å². The largest absolute Gasteiger partial charge is 0.317 e. The van der Waals surface area contributed by atoms with Gasteiger partial charge in [-0.3, -0.25) is 0 Å². The molecular weight excluding hydrogens is 230 g/mol. The van der Waals surface area contributed by atoms with Crippen molar-refractivity contribution in [1.29, 1.82) is 0 Å². The van der Waals surface area contributed by atoms with Gasteiger partial charge < -0.3 is 5.32 Å². The van der Waals surface area contributed by atoms with Gasteiger partial charge in [-0.05, 0) is 62.1 Å². The predicted molar refractivity (Wildman–Crippen MR) is 83.7 cm³/mol. The summed E-state index contributed by atoms with van der Waals surface area (Å²) in [6.45, 7) is 4.69. The van der Waals surface area contributed by atoms with Crippen LogP contribution in [0.2, 0.25) is 0 Å². The highest BCUT2D eigenvalue weighted by molar-refractivity contribution is 5.32.